The van der Waals surface area contributed by atoms with Crippen molar-refractivity contribution < 1.29 is 17.3 Å². The lowest BCUT2D eigenvalue weighted by molar-refractivity contribution is 0.233. The fourth-order valence-electron chi connectivity index (χ4n) is 0.985. The summed E-state index contributed by atoms with van der Waals surface area (Å²) in [5.74, 6) is -5.36. The molecule has 1 saturated heterocycles. The van der Waals surface area contributed by atoms with E-state index in [9.17, 15) is 4.57 Å². The first-order valence-corrected chi connectivity index (χ1v) is 6.29. The highest BCUT2D eigenvalue weighted by atomic mass is 35.5. The highest BCUT2D eigenvalue weighted by molar-refractivity contribution is 7.54. The number of hydrogen-bond acceptors (Lipinski definition) is 2. The van der Waals surface area contributed by atoms with Gasteiger partial charge in [-0.25, -0.2) is 9.76 Å². The van der Waals surface area contributed by atoms with Gasteiger partial charge in [0.15, 0.2) is 0 Å². The average Bonchev–Trinajstić information content (AvgIpc) is 2.24. The van der Waals surface area contributed by atoms with Crippen molar-refractivity contribution in [3.8, 4) is 0 Å². The Hall–Kier alpha value is 0.690. The Morgan fingerprint density at radius 2 is 2.36 bits per heavy atom. The molecule has 4 nitrogen and oxygen atoms in total. The Labute approximate surface area is 103 Å². The first-order chi connectivity index (χ1) is 8.80. The SMILES string of the molecule is [2H]C([2H])(Cl)CN(C([2H])([2H])C([2H])([2H])Cl)P1(=O)NCCCO1. The van der Waals surface area contributed by atoms with Gasteiger partial charge < -0.3 is 4.52 Å². The Morgan fingerprint density at radius 1 is 1.57 bits per heavy atom. The van der Waals surface area contributed by atoms with Gasteiger partial charge in [0.25, 0.3) is 0 Å². The van der Waals surface area contributed by atoms with Crippen LogP contribution in [0.25, 0.3) is 0 Å². The van der Waals surface area contributed by atoms with Crippen molar-refractivity contribution in [2.24, 2.45) is 0 Å². The van der Waals surface area contributed by atoms with Crippen LogP contribution in [0, 0.1) is 0 Å². The molecule has 1 atom stereocenters. The van der Waals surface area contributed by atoms with Crippen LogP contribution in [0.4, 0.5) is 0 Å². The smallest absolute Gasteiger partial charge is 0.306 e. The summed E-state index contributed by atoms with van der Waals surface area (Å²) in [5, 5.41) is 2.47. The zero-order valence-electron chi connectivity index (χ0n) is 13.3. The number of nitrogens with one attached hydrogen (secondary N) is 1. The zero-order chi connectivity index (χ0) is 15.8. The fourth-order valence-corrected chi connectivity index (χ4v) is 3.01. The van der Waals surface area contributed by atoms with Crippen LogP contribution in [0.5, 0.6) is 0 Å². The van der Waals surface area contributed by atoms with Crippen LogP contribution in [-0.4, -0.2) is 42.5 Å². The quantitative estimate of drug-likeness (QED) is 0.610. The monoisotopic (exact) mass is 266 g/mol. The summed E-state index contributed by atoms with van der Waals surface area (Å²) < 4.78 is 62.8. The van der Waals surface area contributed by atoms with E-state index in [1.54, 1.807) is 0 Å². The molecular weight excluding hydrogens is 246 g/mol. The van der Waals surface area contributed by atoms with E-state index in [0.29, 0.717) is 11.1 Å². The molecule has 0 aromatic heterocycles. The van der Waals surface area contributed by atoms with Gasteiger partial charge in [-0.05, 0) is 6.42 Å². The molecule has 0 bridgehead atoms. The summed E-state index contributed by atoms with van der Waals surface area (Å²) in [4.78, 5) is 0. The predicted octanol–water partition coefficient (Wildman–Crippen LogP) is 1.88. The van der Waals surface area contributed by atoms with Gasteiger partial charge in [0.1, 0.15) is 0 Å². The maximum atomic E-state index is 12.6. The van der Waals surface area contributed by atoms with Gasteiger partial charge in [-0.15, -0.1) is 23.2 Å². The van der Waals surface area contributed by atoms with Crippen molar-refractivity contribution in [1.29, 1.82) is 0 Å². The molecule has 1 aliphatic rings. The van der Waals surface area contributed by atoms with Gasteiger partial charge in [0.2, 0.25) is 0 Å². The van der Waals surface area contributed by atoms with E-state index in [1.807, 2.05) is 0 Å². The standard InChI is InChI=1S/C7H15Cl2N2O2P/c8-2-5-11(6-3-9)14(12)10-4-1-7-13-14/h1-7H2,(H,10,12)/i2D2,3D2,5D2. The minimum Gasteiger partial charge on any atom is -0.306 e. The van der Waals surface area contributed by atoms with Crippen molar-refractivity contribution >= 4 is 30.9 Å². The second-order valence-electron chi connectivity index (χ2n) is 2.51. The molecule has 0 aliphatic carbocycles. The maximum Gasteiger partial charge on any atom is 0.343 e. The van der Waals surface area contributed by atoms with Crippen LogP contribution in [0.2, 0.25) is 0 Å². The van der Waals surface area contributed by atoms with Crippen LogP contribution in [0.3, 0.4) is 0 Å². The van der Waals surface area contributed by atoms with Crippen LogP contribution >= 0.6 is 30.9 Å². The van der Waals surface area contributed by atoms with Crippen molar-refractivity contribution in [3.05, 3.63) is 0 Å². The third-order valence-corrected chi connectivity index (χ3v) is 3.83. The normalized spacial score (nSPS) is 37.6. The third kappa shape index (κ3) is 3.37. The van der Waals surface area contributed by atoms with Gasteiger partial charge in [-0.2, -0.15) is 0 Å². The molecule has 1 heterocycles. The highest BCUT2D eigenvalue weighted by Gasteiger charge is 2.32. The van der Waals surface area contributed by atoms with Crippen LogP contribution in [-0.2, 0) is 9.09 Å². The van der Waals surface area contributed by atoms with E-state index in [1.165, 1.54) is 0 Å². The van der Waals surface area contributed by atoms with Gasteiger partial charge >= 0.3 is 7.67 Å². The van der Waals surface area contributed by atoms with E-state index >= 15 is 0 Å². The number of halogens is 2. The summed E-state index contributed by atoms with van der Waals surface area (Å²) in [6, 6.07) is 0. The van der Waals surface area contributed by atoms with Crippen molar-refractivity contribution in [2.45, 2.75) is 6.42 Å². The lowest BCUT2D eigenvalue weighted by atomic mass is 10.5. The molecule has 0 radical (unpaired) electrons. The van der Waals surface area contributed by atoms with Crippen LogP contribution in [0.15, 0.2) is 0 Å². The lowest BCUT2D eigenvalue weighted by Crippen LogP contribution is -2.35. The highest BCUT2D eigenvalue weighted by Crippen LogP contribution is 2.47. The minimum absolute atomic E-state index is 0.0768. The topological polar surface area (TPSA) is 41.6 Å². The molecule has 1 rings (SSSR count). The van der Waals surface area contributed by atoms with E-state index < -0.39 is 32.4 Å². The van der Waals surface area contributed by atoms with E-state index in [0.717, 1.165) is 0 Å². The summed E-state index contributed by atoms with van der Waals surface area (Å²) in [7, 11) is -3.98. The first kappa shape index (κ1) is 6.43. The van der Waals surface area contributed by atoms with E-state index in [-0.39, 0.29) is 13.2 Å². The molecule has 84 valence electrons. The molecule has 14 heavy (non-hydrogen) atoms. The van der Waals surface area contributed by atoms with Crippen LogP contribution < -0.4 is 5.09 Å². The molecular formula is C7H15Cl2N2O2P. The fraction of sp³-hybridized carbons (Fsp3) is 1.00. The number of rotatable bonds is 5. The zero-order valence-corrected chi connectivity index (χ0v) is 9.70. The Morgan fingerprint density at radius 3 is 2.86 bits per heavy atom. The number of hydrogen-bond donors (Lipinski definition) is 1. The maximum absolute atomic E-state index is 12.6. The van der Waals surface area contributed by atoms with E-state index in [2.05, 4.69) is 5.09 Å². The van der Waals surface area contributed by atoms with Gasteiger partial charge in [0, 0.05) is 39.5 Å². The molecule has 0 aromatic carbocycles. The molecule has 1 aliphatic heterocycles. The van der Waals surface area contributed by atoms with Gasteiger partial charge in [0.05, 0.1) is 6.61 Å². The minimum atomic E-state index is -3.98. The van der Waals surface area contributed by atoms with E-state index in [4.69, 9.17) is 36.0 Å². The Balaban J connectivity index is 3.18. The predicted molar refractivity (Wildman–Crippen MR) is 59.2 cm³/mol. The van der Waals surface area contributed by atoms with Crippen molar-refractivity contribution in [3.63, 3.8) is 0 Å². The molecule has 7 heteroatoms. The molecule has 1 N–H and O–H groups in total. The molecule has 0 spiro atoms. The lowest BCUT2D eigenvalue weighted by Gasteiger charge is -2.33. The second kappa shape index (κ2) is 6.31. The number of nitrogens with zero attached hydrogens (tertiary/aromatic N) is 1. The molecule has 0 amide bonds. The van der Waals surface area contributed by atoms with Gasteiger partial charge in [-0.1, -0.05) is 0 Å². The Kier molecular flexibility index (Phi) is 2.90. The molecule has 1 unspecified atom stereocenters. The first-order valence-electron chi connectivity index (χ1n) is 6.95. The summed E-state index contributed by atoms with van der Waals surface area (Å²) in [6.45, 7) is -3.48. The van der Waals surface area contributed by atoms with Crippen LogP contribution in [0.1, 0.15) is 14.6 Å². The molecule has 0 aromatic rings. The van der Waals surface area contributed by atoms with Gasteiger partial charge in [-0.3, -0.25) is 4.57 Å². The number of alkyl halides is 2. The van der Waals surface area contributed by atoms with Crippen molar-refractivity contribution in [1.82, 2.24) is 9.76 Å². The Bertz CT molecular complexity index is 392. The summed E-state index contributed by atoms with van der Waals surface area (Å²) in [6.07, 6.45) is 0.544. The molecule has 1 fully saturated rings. The summed E-state index contributed by atoms with van der Waals surface area (Å²) >= 11 is 10.8. The largest absolute Gasteiger partial charge is 0.343 e. The molecule has 0 saturated carbocycles. The second-order valence-corrected chi connectivity index (χ2v) is 5.07. The average molecular weight is 267 g/mol. The van der Waals surface area contributed by atoms with Crippen molar-refractivity contribution in [2.75, 3.05) is 37.9 Å². The summed E-state index contributed by atoms with van der Waals surface area (Å²) in [5.41, 5.74) is 0. The third-order valence-electron chi connectivity index (χ3n) is 1.60.